The molecular weight excluding hydrogens is 557 g/mol. The van der Waals surface area contributed by atoms with E-state index < -0.39 is 10.8 Å². The molecule has 0 bridgehead atoms. The third-order valence-electron chi connectivity index (χ3n) is 7.38. The highest BCUT2D eigenvalue weighted by molar-refractivity contribution is 7.85. The molecule has 2 aromatic carbocycles. The van der Waals surface area contributed by atoms with Gasteiger partial charge in [0.25, 0.3) is 0 Å². The number of ether oxygens (including phenoxy) is 2. The molecule has 4 heterocycles. The van der Waals surface area contributed by atoms with Crippen molar-refractivity contribution in [2.75, 3.05) is 25.2 Å². The van der Waals surface area contributed by atoms with Gasteiger partial charge in [-0.1, -0.05) is 23.2 Å². The van der Waals surface area contributed by atoms with Gasteiger partial charge < -0.3 is 9.47 Å². The van der Waals surface area contributed by atoms with Gasteiger partial charge in [-0.2, -0.15) is 10.2 Å². The number of aromatic nitrogens is 4. The van der Waals surface area contributed by atoms with Gasteiger partial charge in [-0.15, -0.1) is 0 Å². The predicted octanol–water partition coefficient (Wildman–Crippen LogP) is 5.49. The summed E-state index contributed by atoms with van der Waals surface area (Å²) < 4.78 is 28.0. The number of aryl methyl sites for hydroxylation is 1. The highest BCUT2D eigenvalue weighted by Gasteiger charge is 2.36. The summed E-state index contributed by atoms with van der Waals surface area (Å²) in [7, 11) is 2.72. The Hall–Kier alpha value is -2.85. The van der Waals surface area contributed by atoms with Gasteiger partial charge in [0.1, 0.15) is 18.1 Å². The van der Waals surface area contributed by atoms with Gasteiger partial charge in [-0.3, -0.25) is 13.8 Å². The van der Waals surface area contributed by atoms with E-state index in [2.05, 4.69) is 29.9 Å². The molecule has 4 aromatic rings. The zero-order valence-corrected chi connectivity index (χ0v) is 24.5. The van der Waals surface area contributed by atoms with Crippen LogP contribution in [0.2, 0.25) is 10.0 Å². The molecule has 2 aromatic heterocycles. The fraction of sp³-hybridized carbons (Fsp3) is 0.357. The third-order valence-corrected chi connectivity index (χ3v) is 9.48. The summed E-state index contributed by atoms with van der Waals surface area (Å²) in [5, 5.41) is 10.8. The van der Waals surface area contributed by atoms with Crippen LogP contribution in [-0.4, -0.2) is 59.4 Å². The normalized spacial score (nSPS) is 18.4. The minimum atomic E-state index is -0.813. The molecule has 11 heteroatoms. The molecule has 1 saturated heterocycles. The second-order valence-electron chi connectivity index (χ2n) is 10.5. The fourth-order valence-electron chi connectivity index (χ4n) is 5.39. The minimum absolute atomic E-state index is 0.216. The number of halogens is 2. The smallest absolute Gasteiger partial charge is 0.132 e. The molecule has 39 heavy (non-hydrogen) atoms. The summed E-state index contributed by atoms with van der Waals surface area (Å²) in [5.74, 6) is 2.67. The van der Waals surface area contributed by atoms with Crippen molar-refractivity contribution in [3.8, 4) is 39.7 Å². The zero-order valence-electron chi connectivity index (χ0n) is 22.2. The lowest BCUT2D eigenvalue weighted by Gasteiger charge is -2.41. The van der Waals surface area contributed by atoms with E-state index in [-0.39, 0.29) is 5.54 Å². The van der Waals surface area contributed by atoms with E-state index >= 15 is 0 Å². The van der Waals surface area contributed by atoms with Gasteiger partial charge in [0.05, 0.1) is 29.9 Å². The van der Waals surface area contributed by atoms with E-state index in [1.165, 1.54) is 0 Å². The Bertz CT molecular complexity index is 1590. The molecule has 204 valence electrons. The molecule has 1 unspecified atom stereocenters. The second kappa shape index (κ2) is 9.96. The van der Waals surface area contributed by atoms with E-state index in [9.17, 15) is 4.21 Å². The molecule has 8 nitrogen and oxygen atoms in total. The largest absolute Gasteiger partial charge is 0.496 e. The number of rotatable bonds is 5. The lowest BCUT2D eigenvalue weighted by molar-refractivity contribution is 0.130. The number of methoxy groups -OCH3 is 1. The molecule has 0 radical (unpaired) electrons. The van der Waals surface area contributed by atoms with Crippen molar-refractivity contribution in [1.82, 2.24) is 24.5 Å². The van der Waals surface area contributed by atoms with Crippen LogP contribution in [0.3, 0.4) is 0 Å². The number of benzene rings is 2. The maximum absolute atomic E-state index is 12.3. The van der Waals surface area contributed by atoms with Gasteiger partial charge in [0.2, 0.25) is 0 Å². The first-order valence-corrected chi connectivity index (χ1v) is 14.9. The van der Waals surface area contributed by atoms with Crippen LogP contribution in [0.1, 0.15) is 25.1 Å². The Morgan fingerprint density at radius 2 is 1.87 bits per heavy atom. The summed E-state index contributed by atoms with van der Waals surface area (Å²) in [6.07, 6.45) is 1.90. The van der Waals surface area contributed by atoms with Crippen molar-refractivity contribution in [3.05, 3.63) is 63.9 Å². The topological polar surface area (TPSA) is 74.4 Å². The van der Waals surface area contributed by atoms with E-state index in [1.54, 1.807) is 17.9 Å². The first-order chi connectivity index (χ1) is 18.6. The summed E-state index contributed by atoms with van der Waals surface area (Å²) >= 11 is 12.9. The quantitative estimate of drug-likeness (QED) is 0.308. The minimum Gasteiger partial charge on any atom is -0.496 e. The van der Waals surface area contributed by atoms with Crippen molar-refractivity contribution in [3.63, 3.8) is 0 Å². The highest BCUT2D eigenvalue weighted by atomic mass is 35.5. The van der Waals surface area contributed by atoms with Crippen molar-refractivity contribution in [2.24, 2.45) is 7.05 Å². The molecule has 6 rings (SSSR count). The Balaban J connectivity index is 1.54. The average molecular weight is 587 g/mol. The Morgan fingerprint density at radius 1 is 1.10 bits per heavy atom. The molecule has 0 aliphatic carbocycles. The monoisotopic (exact) mass is 585 g/mol. The van der Waals surface area contributed by atoms with Crippen molar-refractivity contribution in [2.45, 2.75) is 32.5 Å². The van der Waals surface area contributed by atoms with E-state index in [1.807, 2.05) is 42.2 Å². The SMILES string of the molecule is COc1cc2c(cc1-c1ccn(C)n1)-c1c(c(CN3CCS(=O)CC3(C)C)nn1-c1cc(Cl)cc(Cl)c1)CO2. The predicted molar refractivity (Wildman–Crippen MR) is 154 cm³/mol. The summed E-state index contributed by atoms with van der Waals surface area (Å²) in [4.78, 5) is 2.36. The molecule has 0 saturated carbocycles. The maximum Gasteiger partial charge on any atom is 0.132 e. The van der Waals surface area contributed by atoms with E-state index in [0.717, 1.165) is 46.0 Å². The second-order valence-corrected chi connectivity index (χ2v) is 13.0. The van der Waals surface area contributed by atoms with Crippen molar-refractivity contribution in [1.29, 1.82) is 0 Å². The summed E-state index contributed by atoms with van der Waals surface area (Å²) in [5.41, 5.74) is 5.90. The zero-order chi connectivity index (χ0) is 27.5. The van der Waals surface area contributed by atoms with Gasteiger partial charge in [0.15, 0.2) is 0 Å². The standard InChI is InChI=1S/C28H29Cl2N5O3S/c1-28(2)16-39(36)8-7-34(28)14-24-22-15-38-26-13-25(37-4)20(23-5-6-33(3)31-23)12-21(26)27(22)35(32-24)19-10-17(29)9-18(30)11-19/h5-6,9-13H,7-8,14-16H2,1-4H3. The number of nitrogens with zero attached hydrogens (tertiary/aromatic N) is 5. The van der Waals surface area contributed by atoms with Crippen LogP contribution in [0.5, 0.6) is 11.5 Å². The first kappa shape index (κ1) is 26.4. The molecule has 1 fully saturated rings. The molecule has 2 aliphatic rings. The lowest BCUT2D eigenvalue weighted by atomic mass is 9.97. The Morgan fingerprint density at radius 3 is 2.54 bits per heavy atom. The maximum atomic E-state index is 12.3. The van der Waals surface area contributed by atoms with Gasteiger partial charge in [0, 0.05) is 87.0 Å². The van der Waals surface area contributed by atoms with E-state index in [0.29, 0.717) is 46.2 Å². The van der Waals surface area contributed by atoms with Crippen LogP contribution in [0.25, 0.3) is 28.2 Å². The van der Waals surface area contributed by atoms with Crippen LogP contribution in [0, 0.1) is 0 Å². The highest BCUT2D eigenvalue weighted by Crippen LogP contribution is 2.46. The van der Waals surface area contributed by atoms with Gasteiger partial charge in [-0.25, -0.2) is 4.68 Å². The number of fused-ring (bicyclic) bond motifs is 3. The first-order valence-electron chi connectivity index (χ1n) is 12.7. The third kappa shape index (κ3) is 4.86. The molecular formula is C28H29Cl2N5O3S. The molecule has 0 amide bonds. The number of hydrogen-bond donors (Lipinski definition) is 0. The van der Waals surface area contributed by atoms with Gasteiger partial charge in [-0.05, 0) is 44.2 Å². The van der Waals surface area contributed by atoms with Crippen molar-refractivity contribution >= 4 is 34.0 Å². The van der Waals surface area contributed by atoms with Crippen molar-refractivity contribution < 1.29 is 13.7 Å². The van der Waals surface area contributed by atoms with Crippen LogP contribution in [0.4, 0.5) is 0 Å². The van der Waals surface area contributed by atoms with Crippen LogP contribution in [0.15, 0.2) is 42.6 Å². The van der Waals surface area contributed by atoms with Crippen LogP contribution in [-0.2, 0) is 31.0 Å². The van der Waals surface area contributed by atoms with Gasteiger partial charge >= 0.3 is 0 Å². The van der Waals surface area contributed by atoms with Crippen LogP contribution < -0.4 is 9.47 Å². The number of hydrogen-bond acceptors (Lipinski definition) is 6. The van der Waals surface area contributed by atoms with E-state index in [4.69, 9.17) is 37.8 Å². The summed E-state index contributed by atoms with van der Waals surface area (Å²) in [6.45, 7) is 5.99. The molecule has 0 spiro atoms. The molecule has 2 aliphatic heterocycles. The summed E-state index contributed by atoms with van der Waals surface area (Å²) in [6, 6.07) is 11.3. The average Bonchev–Trinajstić information content (AvgIpc) is 3.47. The fourth-order valence-corrected chi connectivity index (χ4v) is 7.44. The lowest BCUT2D eigenvalue weighted by Crippen LogP contribution is -2.53. The van der Waals surface area contributed by atoms with Crippen LogP contribution >= 0.6 is 23.2 Å². The Labute approximate surface area is 239 Å². The molecule has 0 N–H and O–H groups in total. The molecule has 1 atom stereocenters. The Kier molecular flexibility index (Phi) is 6.74.